The average molecular weight is 378 g/mol. The second-order valence-electron chi connectivity index (χ2n) is 6.17. The Bertz CT molecular complexity index is 856. The van der Waals surface area contributed by atoms with Crippen LogP contribution in [0.25, 0.3) is 0 Å². The molecule has 0 spiro atoms. The highest BCUT2D eigenvalue weighted by Crippen LogP contribution is 2.24. The summed E-state index contributed by atoms with van der Waals surface area (Å²) < 4.78 is 32.3. The second-order valence-corrected chi connectivity index (χ2v) is 8.11. The van der Waals surface area contributed by atoms with Crippen molar-refractivity contribution in [2.75, 3.05) is 20.1 Å². The van der Waals surface area contributed by atoms with Crippen molar-refractivity contribution in [1.29, 1.82) is 0 Å². The minimum atomic E-state index is -3.62. The van der Waals surface area contributed by atoms with Gasteiger partial charge in [-0.1, -0.05) is 19.9 Å². The smallest absolute Gasteiger partial charge is 0.254 e. The van der Waals surface area contributed by atoms with E-state index in [4.69, 9.17) is 4.42 Å². The number of carbonyl (C=O) groups excluding carboxylic acids is 1. The van der Waals surface area contributed by atoms with Gasteiger partial charge in [-0.3, -0.25) is 4.79 Å². The van der Waals surface area contributed by atoms with Crippen molar-refractivity contribution >= 4 is 15.9 Å². The lowest BCUT2D eigenvalue weighted by molar-refractivity contribution is 0.0725. The van der Waals surface area contributed by atoms with Gasteiger partial charge in [0.25, 0.3) is 5.91 Å². The molecule has 2 aromatic rings. The van der Waals surface area contributed by atoms with Crippen LogP contribution >= 0.6 is 0 Å². The van der Waals surface area contributed by atoms with Crippen LogP contribution in [0.2, 0.25) is 0 Å². The number of nitrogens with zero attached hydrogens (tertiary/aromatic N) is 2. The molecule has 142 valence electrons. The molecule has 0 N–H and O–H groups in total. The van der Waals surface area contributed by atoms with E-state index in [0.717, 1.165) is 5.56 Å². The van der Waals surface area contributed by atoms with Gasteiger partial charge in [-0.15, -0.1) is 0 Å². The fourth-order valence-corrected chi connectivity index (χ4v) is 4.28. The second kappa shape index (κ2) is 8.05. The van der Waals surface area contributed by atoms with Crippen LogP contribution in [-0.4, -0.2) is 43.7 Å². The predicted molar refractivity (Wildman–Crippen MR) is 101 cm³/mol. The molecule has 0 saturated carbocycles. The van der Waals surface area contributed by atoms with Gasteiger partial charge in [0.2, 0.25) is 10.0 Å². The van der Waals surface area contributed by atoms with Gasteiger partial charge < -0.3 is 9.32 Å². The van der Waals surface area contributed by atoms with Gasteiger partial charge in [-0.05, 0) is 43.7 Å². The number of furan rings is 1. The number of hydrogen-bond donors (Lipinski definition) is 0. The molecule has 1 amide bonds. The zero-order valence-electron chi connectivity index (χ0n) is 15.9. The van der Waals surface area contributed by atoms with Gasteiger partial charge in [0, 0.05) is 25.7 Å². The number of hydrogen-bond acceptors (Lipinski definition) is 4. The van der Waals surface area contributed by atoms with Crippen molar-refractivity contribution in [3.8, 4) is 0 Å². The van der Waals surface area contributed by atoms with E-state index in [1.54, 1.807) is 57.2 Å². The number of carbonyl (C=O) groups is 1. The molecule has 0 aliphatic carbocycles. The van der Waals surface area contributed by atoms with Gasteiger partial charge in [0.05, 0.1) is 17.2 Å². The molecular formula is C19H26N2O4S. The third kappa shape index (κ3) is 3.83. The molecule has 0 aliphatic rings. The van der Waals surface area contributed by atoms with Crippen molar-refractivity contribution < 1.29 is 17.6 Å². The van der Waals surface area contributed by atoms with E-state index < -0.39 is 10.0 Å². The van der Waals surface area contributed by atoms with Crippen LogP contribution in [-0.2, 0) is 10.0 Å². The normalized spacial score (nSPS) is 13.0. The van der Waals surface area contributed by atoms with Crippen molar-refractivity contribution in [2.24, 2.45) is 0 Å². The first-order valence-corrected chi connectivity index (χ1v) is 10.1. The highest BCUT2D eigenvalue weighted by molar-refractivity contribution is 7.89. The van der Waals surface area contributed by atoms with Gasteiger partial charge in [0.15, 0.2) is 0 Å². The largest absolute Gasteiger partial charge is 0.467 e. The first-order chi connectivity index (χ1) is 12.2. The summed E-state index contributed by atoms with van der Waals surface area (Å²) >= 11 is 0. The third-order valence-electron chi connectivity index (χ3n) is 4.64. The Hall–Kier alpha value is -2.12. The molecule has 6 nitrogen and oxygen atoms in total. The Morgan fingerprint density at radius 1 is 1.19 bits per heavy atom. The van der Waals surface area contributed by atoms with Crippen LogP contribution < -0.4 is 0 Å². The first-order valence-electron chi connectivity index (χ1n) is 8.65. The SMILES string of the molecule is CCN(CC)S(=O)(=O)c1ccc(C)c(C(=O)N(C)C(C)c2ccco2)c1. The zero-order chi connectivity index (χ0) is 19.5. The lowest BCUT2D eigenvalue weighted by Crippen LogP contribution is -2.32. The van der Waals surface area contributed by atoms with Crippen LogP contribution in [0.15, 0.2) is 45.9 Å². The Labute approximate surface area is 155 Å². The van der Waals surface area contributed by atoms with Crippen LogP contribution in [0.4, 0.5) is 0 Å². The summed E-state index contributed by atoms with van der Waals surface area (Å²) in [5.74, 6) is 0.424. The van der Waals surface area contributed by atoms with Gasteiger partial charge in [-0.2, -0.15) is 4.31 Å². The Morgan fingerprint density at radius 3 is 2.38 bits per heavy atom. The molecule has 7 heteroatoms. The van der Waals surface area contributed by atoms with Crippen LogP contribution in [0.5, 0.6) is 0 Å². The van der Waals surface area contributed by atoms with E-state index in [-0.39, 0.29) is 16.8 Å². The summed E-state index contributed by atoms with van der Waals surface area (Å²) in [4.78, 5) is 14.7. The van der Waals surface area contributed by atoms with Gasteiger partial charge >= 0.3 is 0 Å². The molecular weight excluding hydrogens is 352 g/mol. The number of aryl methyl sites for hydroxylation is 1. The molecule has 1 atom stereocenters. The summed E-state index contributed by atoms with van der Waals surface area (Å²) in [5.41, 5.74) is 1.10. The third-order valence-corrected chi connectivity index (χ3v) is 6.68. The lowest BCUT2D eigenvalue weighted by Gasteiger charge is -2.25. The molecule has 1 unspecified atom stereocenters. The fourth-order valence-electron chi connectivity index (χ4n) is 2.79. The molecule has 1 aromatic carbocycles. The van der Waals surface area contributed by atoms with Crippen molar-refractivity contribution in [1.82, 2.24) is 9.21 Å². The fraction of sp³-hybridized carbons (Fsp3) is 0.421. The van der Waals surface area contributed by atoms with E-state index in [1.807, 2.05) is 13.0 Å². The van der Waals surface area contributed by atoms with E-state index in [1.165, 1.54) is 10.4 Å². The summed E-state index contributed by atoms with van der Waals surface area (Å²) in [7, 11) is -1.94. The zero-order valence-corrected chi connectivity index (χ0v) is 16.7. The number of sulfonamides is 1. The Kier molecular flexibility index (Phi) is 6.26. The first kappa shape index (κ1) is 20.2. The van der Waals surface area contributed by atoms with Crippen molar-refractivity contribution in [3.63, 3.8) is 0 Å². The maximum Gasteiger partial charge on any atom is 0.254 e. The topological polar surface area (TPSA) is 70.8 Å². The summed E-state index contributed by atoms with van der Waals surface area (Å²) in [6, 6.07) is 8.01. The Balaban J connectivity index is 2.39. The summed E-state index contributed by atoms with van der Waals surface area (Å²) in [5, 5.41) is 0. The maximum atomic E-state index is 13.0. The van der Waals surface area contributed by atoms with E-state index >= 15 is 0 Å². The van der Waals surface area contributed by atoms with Crippen LogP contribution in [0, 0.1) is 6.92 Å². The molecule has 0 bridgehead atoms. The van der Waals surface area contributed by atoms with Crippen LogP contribution in [0.1, 0.15) is 48.5 Å². The standard InChI is InChI=1S/C19H26N2O4S/c1-6-21(7-2)26(23,24)16-11-10-14(3)17(13-16)19(22)20(5)15(4)18-9-8-12-25-18/h8-13,15H,6-7H2,1-5H3. The predicted octanol–water partition coefficient (Wildman–Crippen LogP) is 3.45. The monoisotopic (exact) mass is 378 g/mol. The maximum absolute atomic E-state index is 13.0. The molecule has 1 heterocycles. The van der Waals surface area contributed by atoms with E-state index in [2.05, 4.69) is 0 Å². The molecule has 0 radical (unpaired) electrons. The molecule has 26 heavy (non-hydrogen) atoms. The average Bonchev–Trinajstić information content (AvgIpc) is 3.15. The molecule has 0 aliphatic heterocycles. The van der Waals surface area contributed by atoms with Gasteiger partial charge in [-0.25, -0.2) is 8.42 Å². The number of benzene rings is 1. The molecule has 0 fully saturated rings. The van der Waals surface area contributed by atoms with Gasteiger partial charge in [0.1, 0.15) is 5.76 Å². The molecule has 0 saturated heterocycles. The van der Waals surface area contributed by atoms with Crippen LogP contribution in [0.3, 0.4) is 0 Å². The highest BCUT2D eigenvalue weighted by Gasteiger charge is 2.26. The Morgan fingerprint density at radius 2 is 1.85 bits per heavy atom. The van der Waals surface area contributed by atoms with E-state index in [9.17, 15) is 13.2 Å². The minimum Gasteiger partial charge on any atom is -0.467 e. The molecule has 2 rings (SSSR count). The number of rotatable bonds is 7. The van der Waals surface area contributed by atoms with E-state index in [0.29, 0.717) is 24.4 Å². The molecule has 1 aromatic heterocycles. The lowest BCUT2D eigenvalue weighted by atomic mass is 10.1. The summed E-state index contributed by atoms with van der Waals surface area (Å²) in [6.45, 7) is 8.01. The van der Waals surface area contributed by atoms with Crippen molar-refractivity contribution in [2.45, 2.75) is 38.6 Å². The van der Waals surface area contributed by atoms with Crippen molar-refractivity contribution in [3.05, 3.63) is 53.5 Å². The highest BCUT2D eigenvalue weighted by atomic mass is 32.2. The number of amides is 1. The summed E-state index contributed by atoms with van der Waals surface area (Å²) in [6.07, 6.45) is 1.56. The quantitative estimate of drug-likeness (QED) is 0.740. The minimum absolute atomic E-state index is 0.134.